The minimum atomic E-state index is -0.254. The maximum absolute atomic E-state index is 6.43. The zero-order valence-electron chi connectivity index (χ0n) is 11.6. The lowest BCUT2D eigenvalue weighted by atomic mass is 10.5. The van der Waals surface area contributed by atoms with Gasteiger partial charge in [0.25, 0.3) is 0 Å². The van der Waals surface area contributed by atoms with E-state index in [1.54, 1.807) is 0 Å². The Hall–Kier alpha value is 0.820. The van der Waals surface area contributed by atoms with Crippen LogP contribution < -0.4 is 0 Å². The molecule has 0 aromatic heterocycles. The zero-order chi connectivity index (χ0) is 12.2. The van der Waals surface area contributed by atoms with Crippen LogP contribution in [0, 0.1) is 0 Å². The highest BCUT2D eigenvalue weighted by molar-refractivity contribution is 7.67. The molecule has 0 fully saturated rings. The van der Waals surface area contributed by atoms with Crippen molar-refractivity contribution in [3.05, 3.63) is 0 Å². The lowest BCUT2D eigenvalue weighted by Gasteiger charge is -2.33. The van der Waals surface area contributed by atoms with Gasteiger partial charge in [0.15, 0.2) is 0 Å². The first-order valence-corrected chi connectivity index (χ1v) is 8.81. The van der Waals surface area contributed by atoms with Crippen LogP contribution >= 0.6 is 16.3 Å². The average Bonchev–Trinajstić information content (AvgIpc) is 2.01. The van der Waals surface area contributed by atoms with Crippen LogP contribution in [0.3, 0.4) is 0 Å². The molecule has 1 nitrogen and oxygen atoms in total. The molecule has 0 aromatic rings. The number of hydrogen-bond donors (Lipinski definition) is 0. The molecule has 0 heterocycles. The normalized spacial score (nSPS) is 13.2. The van der Waals surface area contributed by atoms with Gasteiger partial charge in [-0.25, -0.2) is 0 Å². The van der Waals surface area contributed by atoms with E-state index in [-0.39, 0.29) is 16.3 Å². The van der Waals surface area contributed by atoms with Crippen LogP contribution in [0.2, 0.25) is 0 Å². The number of rotatable bonds is 6. The molecule has 0 radical (unpaired) electrons. The summed E-state index contributed by atoms with van der Waals surface area (Å²) < 4.78 is 6.43. The van der Waals surface area contributed by atoms with Gasteiger partial charge >= 0.3 is 0 Å². The molecule has 0 aliphatic heterocycles. The predicted molar refractivity (Wildman–Crippen MR) is 75.5 cm³/mol. The zero-order valence-corrected chi connectivity index (χ0v) is 13.4. The Morgan fingerprint density at radius 1 is 0.533 bits per heavy atom. The smallest absolute Gasteiger partial charge is 0.0393 e. The van der Waals surface area contributed by atoms with Crippen LogP contribution in [0.4, 0.5) is 0 Å². The summed E-state index contributed by atoms with van der Waals surface area (Å²) in [5, 5.41) is 0. The van der Waals surface area contributed by atoms with Crippen molar-refractivity contribution in [1.29, 1.82) is 0 Å². The van der Waals surface area contributed by atoms with Crippen LogP contribution in [0.25, 0.3) is 0 Å². The van der Waals surface area contributed by atoms with Gasteiger partial charge in [0.2, 0.25) is 0 Å². The van der Waals surface area contributed by atoms with E-state index in [1.165, 1.54) is 0 Å². The second kappa shape index (κ2) is 7.21. The van der Waals surface area contributed by atoms with Crippen LogP contribution in [0.5, 0.6) is 0 Å². The van der Waals surface area contributed by atoms with Crippen molar-refractivity contribution in [3.63, 3.8) is 0 Å². The number of hydrogen-bond acceptors (Lipinski definition) is 1. The van der Waals surface area contributed by atoms with Crippen molar-refractivity contribution >= 4 is 16.3 Å². The van der Waals surface area contributed by atoms with E-state index in [4.69, 9.17) is 4.31 Å². The highest BCUT2D eigenvalue weighted by Gasteiger charge is 2.26. The summed E-state index contributed by atoms with van der Waals surface area (Å²) in [6.07, 6.45) is 0. The molecular weight excluding hydrogens is 222 g/mol. The second-order valence-electron chi connectivity index (χ2n) is 5.18. The van der Waals surface area contributed by atoms with Crippen molar-refractivity contribution in [3.8, 4) is 0 Å². The van der Waals surface area contributed by atoms with Crippen LogP contribution in [-0.2, 0) is 4.31 Å². The van der Waals surface area contributed by atoms with Gasteiger partial charge in [-0.2, -0.15) is 0 Å². The third-order valence-corrected chi connectivity index (χ3v) is 7.80. The minimum absolute atomic E-state index is 0.254. The Labute approximate surface area is 99.0 Å². The predicted octanol–water partition coefficient (Wildman–Crippen LogP) is 5.43. The first-order chi connectivity index (χ1) is 6.77. The molecule has 0 unspecified atom stereocenters. The standard InChI is InChI=1S/C12H28OP2/c1-9(2)14(10(3)4)13-15(11(5)6)12(7)8/h9-12H,1-8H3. The van der Waals surface area contributed by atoms with Gasteiger partial charge in [0, 0.05) is 16.3 Å². The van der Waals surface area contributed by atoms with Gasteiger partial charge in [-0.15, -0.1) is 0 Å². The van der Waals surface area contributed by atoms with Crippen LogP contribution in [0.15, 0.2) is 0 Å². The van der Waals surface area contributed by atoms with Gasteiger partial charge < -0.3 is 4.31 Å². The van der Waals surface area contributed by atoms with E-state index in [9.17, 15) is 0 Å². The maximum atomic E-state index is 6.43. The Morgan fingerprint density at radius 3 is 0.867 bits per heavy atom. The third kappa shape index (κ3) is 5.62. The Bertz CT molecular complexity index is 133. The Balaban J connectivity index is 4.48. The lowest BCUT2D eigenvalue weighted by Crippen LogP contribution is -2.10. The first kappa shape index (κ1) is 15.8. The van der Waals surface area contributed by atoms with Gasteiger partial charge in [-0.3, -0.25) is 0 Å². The van der Waals surface area contributed by atoms with E-state index < -0.39 is 0 Å². The monoisotopic (exact) mass is 250 g/mol. The molecule has 0 aromatic carbocycles. The summed E-state index contributed by atoms with van der Waals surface area (Å²) in [7, 11) is -0.508. The molecule has 3 heteroatoms. The molecule has 0 atom stereocenters. The fourth-order valence-electron chi connectivity index (χ4n) is 1.68. The van der Waals surface area contributed by atoms with Gasteiger partial charge in [0.1, 0.15) is 0 Å². The molecule has 0 aliphatic rings. The Morgan fingerprint density at radius 2 is 0.733 bits per heavy atom. The largest absolute Gasteiger partial charge is 0.336 e. The fourth-order valence-corrected chi connectivity index (χ4v) is 7.95. The highest BCUT2D eigenvalue weighted by Crippen LogP contribution is 2.62. The molecule has 0 saturated heterocycles. The Kier molecular flexibility index (Phi) is 7.60. The van der Waals surface area contributed by atoms with E-state index in [0.717, 1.165) is 0 Å². The fraction of sp³-hybridized carbons (Fsp3) is 1.00. The summed E-state index contributed by atoms with van der Waals surface area (Å²) in [6, 6.07) is 0. The molecule has 0 spiro atoms. The molecule has 0 saturated carbocycles. The summed E-state index contributed by atoms with van der Waals surface area (Å²) in [5.74, 6) is 0. The average molecular weight is 250 g/mol. The van der Waals surface area contributed by atoms with Crippen molar-refractivity contribution in [2.24, 2.45) is 0 Å². The van der Waals surface area contributed by atoms with E-state index in [1.807, 2.05) is 0 Å². The van der Waals surface area contributed by atoms with Gasteiger partial charge in [0.05, 0.1) is 0 Å². The molecule has 0 bridgehead atoms. The maximum Gasteiger partial charge on any atom is 0.0393 e. The molecule has 0 rings (SSSR count). The molecule has 15 heavy (non-hydrogen) atoms. The SMILES string of the molecule is CC(C)P(OP(C(C)C)C(C)C)C(C)C. The molecule has 0 amide bonds. The van der Waals surface area contributed by atoms with Crippen LogP contribution in [0.1, 0.15) is 55.4 Å². The first-order valence-electron chi connectivity index (χ1n) is 6.02. The van der Waals surface area contributed by atoms with Crippen molar-refractivity contribution in [2.75, 3.05) is 0 Å². The minimum Gasteiger partial charge on any atom is -0.336 e. The molecule has 0 aliphatic carbocycles. The van der Waals surface area contributed by atoms with Crippen LogP contribution in [-0.4, -0.2) is 22.6 Å². The quantitative estimate of drug-likeness (QED) is 0.571. The summed E-state index contributed by atoms with van der Waals surface area (Å²) in [4.78, 5) is 0. The van der Waals surface area contributed by atoms with Crippen molar-refractivity contribution in [2.45, 2.75) is 78.0 Å². The molecule has 0 N–H and O–H groups in total. The summed E-state index contributed by atoms with van der Waals surface area (Å²) >= 11 is 0. The molecular formula is C12H28OP2. The highest BCUT2D eigenvalue weighted by atomic mass is 31.2. The van der Waals surface area contributed by atoms with Gasteiger partial charge in [-0.05, 0) is 22.6 Å². The van der Waals surface area contributed by atoms with Crippen molar-refractivity contribution < 1.29 is 4.31 Å². The van der Waals surface area contributed by atoms with E-state index >= 15 is 0 Å². The second-order valence-corrected chi connectivity index (χ2v) is 11.4. The van der Waals surface area contributed by atoms with Crippen molar-refractivity contribution in [1.82, 2.24) is 0 Å². The third-order valence-electron chi connectivity index (χ3n) is 2.22. The van der Waals surface area contributed by atoms with E-state index in [0.29, 0.717) is 22.6 Å². The summed E-state index contributed by atoms with van der Waals surface area (Å²) in [6.45, 7) is 18.3. The topological polar surface area (TPSA) is 9.23 Å². The van der Waals surface area contributed by atoms with E-state index in [2.05, 4.69) is 55.4 Å². The summed E-state index contributed by atoms with van der Waals surface area (Å²) in [5.41, 5.74) is 2.73. The lowest BCUT2D eigenvalue weighted by molar-refractivity contribution is 0.627. The molecule has 92 valence electrons. The van der Waals surface area contributed by atoms with Gasteiger partial charge in [-0.1, -0.05) is 55.4 Å².